The summed E-state index contributed by atoms with van der Waals surface area (Å²) in [7, 11) is 1.57. The first kappa shape index (κ1) is 30.2. The molecule has 0 bridgehead atoms. The van der Waals surface area contributed by atoms with E-state index >= 15 is 0 Å². The molecular weight excluding hydrogens is 512 g/mol. The van der Waals surface area contributed by atoms with Gasteiger partial charge in [-0.15, -0.1) is 0 Å². The number of rotatable bonds is 11. The van der Waals surface area contributed by atoms with E-state index in [4.69, 9.17) is 4.84 Å². The fourth-order valence-corrected chi connectivity index (χ4v) is 5.70. The van der Waals surface area contributed by atoms with Crippen molar-refractivity contribution >= 4 is 17.3 Å². The summed E-state index contributed by atoms with van der Waals surface area (Å²) in [5, 5.41) is 7.20. The molecule has 1 unspecified atom stereocenters. The summed E-state index contributed by atoms with van der Waals surface area (Å²) >= 11 is 0. The number of amides is 1. The molecule has 4 rings (SSSR count). The molecule has 2 aromatic heterocycles. The average molecular weight is 557 g/mol. The number of aromatic nitrogens is 2. The zero-order valence-electron chi connectivity index (χ0n) is 25.4. The Kier molecular flexibility index (Phi) is 10.5. The summed E-state index contributed by atoms with van der Waals surface area (Å²) < 4.78 is 0. The standard InChI is InChI=1S/C33H44N6O2/c1-23-11-16-34-21-29(23)22-39(30-9-7-28(8-10-30)26(4)37-41-6)31-14-19-38(20-15-31)25(3)13-18-36-33(40)32-24(2)12-17-35-27(32)5/h7-12,16-17,21,25,31H,13-15,18-20,22H2,1-6H3,(H,36,40). The maximum absolute atomic E-state index is 12.8. The van der Waals surface area contributed by atoms with Gasteiger partial charge in [-0.1, -0.05) is 17.3 Å². The highest BCUT2D eigenvalue weighted by Gasteiger charge is 2.28. The number of carbonyl (C=O) groups excluding carboxylic acids is 1. The lowest BCUT2D eigenvalue weighted by Gasteiger charge is -2.42. The van der Waals surface area contributed by atoms with Gasteiger partial charge in [0.2, 0.25) is 0 Å². The van der Waals surface area contributed by atoms with Crippen LogP contribution in [0.3, 0.4) is 0 Å². The third-order valence-corrected chi connectivity index (χ3v) is 8.32. The van der Waals surface area contributed by atoms with Crippen LogP contribution in [0, 0.1) is 20.8 Å². The molecule has 1 fully saturated rings. The van der Waals surface area contributed by atoms with Crippen LogP contribution >= 0.6 is 0 Å². The topological polar surface area (TPSA) is 83.0 Å². The van der Waals surface area contributed by atoms with Crippen LogP contribution in [0.5, 0.6) is 0 Å². The molecule has 3 aromatic rings. The second-order valence-corrected chi connectivity index (χ2v) is 11.1. The van der Waals surface area contributed by atoms with Crippen molar-refractivity contribution in [3.63, 3.8) is 0 Å². The van der Waals surface area contributed by atoms with Crippen molar-refractivity contribution in [3.05, 3.63) is 88.5 Å². The minimum atomic E-state index is -0.0324. The molecule has 1 aliphatic rings. The Morgan fingerprint density at radius 3 is 2.46 bits per heavy atom. The number of nitrogens with one attached hydrogen (secondary N) is 1. The van der Waals surface area contributed by atoms with E-state index in [1.54, 1.807) is 13.3 Å². The van der Waals surface area contributed by atoms with E-state index in [9.17, 15) is 4.79 Å². The fourth-order valence-electron chi connectivity index (χ4n) is 5.70. The fraction of sp³-hybridized carbons (Fsp3) is 0.455. The van der Waals surface area contributed by atoms with E-state index in [1.807, 2.05) is 39.2 Å². The number of anilines is 1. The van der Waals surface area contributed by atoms with E-state index in [0.29, 0.717) is 24.2 Å². The van der Waals surface area contributed by atoms with Crippen molar-refractivity contribution in [1.29, 1.82) is 0 Å². The predicted molar refractivity (Wildman–Crippen MR) is 166 cm³/mol. The first-order valence-electron chi connectivity index (χ1n) is 14.6. The highest BCUT2D eigenvalue weighted by atomic mass is 16.6. The molecule has 1 aliphatic heterocycles. The van der Waals surface area contributed by atoms with Gasteiger partial charge >= 0.3 is 0 Å². The smallest absolute Gasteiger partial charge is 0.253 e. The van der Waals surface area contributed by atoms with Gasteiger partial charge in [-0.2, -0.15) is 0 Å². The number of hydrogen-bond donors (Lipinski definition) is 1. The van der Waals surface area contributed by atoms with Crippen molar-refractivity contribution in [3.8, 4) is 0 Å². The molecule has 41 heavy (non-hydrogen) atoms. The normalized spacial score (nSPS) is 15.4. The maximum atomic E-state index is 12.8. The zero-order chi connectivity index (χ0) is 29.4. The summed E-state index contributed by atoms with van der Waals surface area (Å²) in [5.74, 6) is -0.0324. The summed E-state index contributed by atoms with van der Waals surface area (Å²) in [6, 6.07) is 13.4. The van der Waals surface area contributed by atoms with Crippen LogP contribution in [-0.4, -0.2) is 65.3 Å². The van der Waals surface area contributed by atoms with Crippen molar-refractivity contribution < 1.29 is 9.63 Å². The van der Waals surface area contributed by atoms with Crippen molar-refractivity contribution in [1.82, 2.24) is 20.2 Å². The van der Waals surface area contributed by atoms with Gasteiger partial charge in [-0.3, -0.25) is 14.8 Å². The van der Waals surface area contributed by atoms with Crippen LogP contribution in [0.15, 0.2) is 60.1 Å². The molecule has 3 heterocycles. The lowest BCUT2D eigenvalue weighted by Crippen LogP contribution is -2.48. The van der Waals surface area contributed by atoms with E-state index in [1.165, 1.54) is 16.8 Å². The number of oxime groups is 1. The molecule has 1 atom stereocenters. The molecule has 1 aromatic carbocycles. The summed E-state index contributed by atoms with van der Waals surface area (Å²) in [6.45, 7) is 13.8. The minimum Gasteiger partial charge on any atom is -0.399 e. The number of carbonyl (C=O) groups is 1. The van der Waals surface area contributed by atoms with Gasteiger partial charge in [-0.25, -0.2) is 0 Å². The lowest BCUT2D eigenvalue weighted by molar-refractivity contribution is 0.0943. The van der Waals surface area contributed by atoms with Crippen LogP contribution in [0.2, 0.25) is 0 Å². The van der Waals surface area contributed by atoms with Gasteiger partial charge in [0.15, 0.2) is 0 Å². The van der Waals surface area contributed by atoms with Gasteiger partial charge in [0.05, 0.1) is 17.0 Å². The molecule has 218 valence electrons. The largest absolute Gasteiger partial charge is 0.399 e. The molecule has 0 aliphatic carbocycles. The van der Waals surface area contributed by atoms with Crippen molar-refractivity contribution in [2.24, 2.45) is 5.16 Å². The van der Waals surface area contributed by atoms with Gasteiger partial charge in [0.1, 0.15) is 7.11 Å². The zero-order valence-corrected chi connectivity index (χ0v) is 25.4. The Morgan fingerprint density at radius 1 is 1.10 bits per heavy atom. The summed E-state index contributed by atoms with van der Waals surface area (Å²) in [6.07, 6.45) is 8.67. The first-order valence-corrected chi connectivity index (χ1v) is 14.6. The van der Waals surface area contributed by atoms with Crippen LogP contribution in [0.25, 0.3) is 0 Å². The van der Waals surface area contributed by atoms with Crippen molar-refractivity contribution in [2.45, 2.75) is 72.5 Å². The molecule has 1 amide bonds. The number of nitrogens with zero attached hydrogens (tertiary/aromatic N) is 5. The molecule has 8 heteroatoms. The van der Waals surface area contributed by atoms with Crippen LogP contribution < -0.4 is 10.2 Å². The number of pyridine rings is 2. The third-order valence-electron chi connectivity index (χ3n) is 8.32. The SMILES string of the molecule is CON=C(C)c1ccc(N(Cc2cnccc2C)C2CCN(C(C)CCNC(=O)c3c(C)ccnc3C)CC2)cc1. The van der Waals surface area contributed by atoms with Crippen LogP contribution in [0.1, 0.15) is 71.4 Å². The Bertz CT molecular complexity index is 1310. The van der Waals surface area contributed by atoms with Gasteiger partial charge in [0, 0.05) is 62.5 Å². The second-order valence-electron chi connectivity index (χ2n) is 11.1. The van der Waals surface area contributed by atoms with Crippen LogP contribution in [0.4, 0.5) is 5.69 Å². The number of hydrogen-bond acceptors (Lipinski definition) is 7. The minimum absolute atomic E-state index is 0.0324. The highest BCUT2D eigenvalue weighted by Crippen LogP contribution is 2.28. The average Bonchev–Trinajstić information content (AvgIpc) is 2.97. The van der Waals surface area contributed by atoms with Crippen LogP contribution in [-0.2, 0) is 11.4 Å². The van der Waals surface area contributed by atoms with E-state index < -0.39 is 0 Å². The van der Waals surface area contributed by atoms with Gasteiger partial charge < -0.3 is 20.0 Å². The van der Waals surface area contributed by atoms with Gasteiger partial charge in [0.25, 0.3) is 5.91 Å². The molecule has 1 saturated heterocycles. The van der Waals surface area contributed by atoms with E-state index in [-0.39, 0.29) is 5.91 Å². The quantitative estimate of drug-likeness (QED) is 0.250. The Labute approximate surface area is 244 Å². The third kappa shape index (κ3) is 7.70. The van der Waals surface area contributed by atoms with E-state index in [2.05, 4.69) is 74.4 Å². The second kappa shape index (κ2) is 14.2. The monoisotopic (exact) mass is 556 g/mol. The molecular formula is C33H44N6O2. The predicted octanol–water partition coefficient (Wildman–Crippen LogP) is 5.45. The molecule has 0 radical (unpaired) electrons. The molecule has 8 nitrogen and oxygen atoms in total. The lowest BCUT2D eigenvalue weighted by atomic mass is 9.98. The number of aryl methyl sites for hydroxylation is 3. The maximum Gasteiger partial charge on any atom is 0.253 e. The first-order chi connectivity index (χ1) is 19.8. The van der Waals surface area contributed by atoms with Gasteiger partial charge in [-0.05, 0) is 100 Å². The van der Waals surface area contributed by atoms with Crippen molar-refractivity contribution in [2.75, 3.05) is 31.6 Å². The number of piperidine rings is 1. The summed E-state index contributed by atoms with van der Waals surface area (Å²) in [5.41, 5.74) is 8.06. The van der Waals surface area contributed by atoms with E-state index in [0.717, 1.165) is 61.4 Å². The Morgan fingerprint density at radius 2 is 1.80 bits per heavy atom. The molecule has 0 saturated carbocycles. The number of benzene rings is 1. The molecule has 1 N–H and O–H groups in total. The summed E-state index contributed by atoms with van der Waals surface area (Å²) in [4.78, 5) is 31.5. The molecule has 0 spiro atoms. The Balaban J connectivity index is 1.38. The highest BCUT2D eigenvalue weighted by molar-refractivity contribution is 5.98. The Hall–Kier alpha value is -3.78. The number of likely N-dealkylation sites (tertiary alicyclic amines) is 1.